The van der Waals surface area contributed by atoms with Gasteiger partial charge in [0, 0.05) is 18.7 Å². The fourth-order valence-electron chi connectivity index (χ4n) is 1.37. The fraction of sp³-hybridized carbons (Fsp3) is 0.364. The molecule has 0 aliphatic heterocycles. The molecule has 1 aromatic carbocycles. The highest BCUT2D eigenvalue weighted by Gasteiger charge is 2.14. The fourth-order valence-corrected chi connectivity index (χ4v) is 1.63. The molecule has 6 nitrogen and oxygen atoms in total. The highest BCUT2D eigenvalue weighted by molar-refractivity contribution is 6.34. The van der Waals surface area contributed by atoms with E-state index in [2.05, 4.69) is 5.32 Å². The lowest BCUT2D eigenvalue weighted by molar-refractivity contribution is -0.384. The van der Waals surface area contributed by atoms with Crippen molar-refractivity contribution >= 4 is 23.2 Å². The van der Waals surface area contributed by atoms with Crippen LogP contribution in [-0.4, -0.2) is 23.9 Å². The maximum absolute atomic E-state index is 11.7. The van der Waals surface area contributed by atoms with Gasteiger partial charge in [-0.1, -0.05) is 11.6 Å². The van der Waals surface area contributed by atoms with Gasteiger partial charge in [-0.3, -0.25) is 14.9 Å². The van der Waals surface area contributed by atoms with Crippen LogP contribution in [0, 0.1) is 10.1 Å². The topological polar surface area (TPSA) is 98.3 Å². The molecule has 1 amide bonds. The highest BCUT2D eigenvalue weighted by atomic mass is 35.5. The molecule has 0 spiro atoms. The minimum absolute atomic E-state index is 0.0699. The Bertz CT molecular complexity index is 451. The molecule has 7 heteroatoms. The number of nitro groups is 1. The van der Waals surface area contributed by atoms with E-state index in [1.807, 2.05) is 0 Å². The molecule has 0 aliphatic carbocycles. The number of hydrogen-bond acceptors (Lipinski definition) is 4. The molecule has 1 rings (SSSR count). The number of amides is 1. The summed E-state index contributed by atoms with van der Waals surface area (Å²) in [6.45, 7) is 1.08. The van der Waals surface area contributed by atoms with Crippen molar-refractivity contribution in [2.75, 3.05) is 13.1 Å². The Morgan fingerprint density at radius 2 is 2.17 bits per heavy atom. The van der Waals surface area contributed by atoms with Gasteiger partial charge in [0.25, 0.3) is 11.6 Å². The van der Waals surface area contributed by atoms with Gasteiger partial charge in [-0.15, -0.1) is 0 Å². The largest absolute Gasteiger partial charge is 0.352 e. The van der Waals surface area contributed by atoms with Gasteiger partial charge < -0.3 is 11.1 Å². The quantitative estimate of drug-likeness (QED) is 0.467. The van der Waals surface area contributed by atoms with E-state index in [1.54, 1.807) is 0 Å². The van der Waals surface area contributed by atoms with Crippen LogP contribution in [0.25, 0.3) is 0 Å². The molecule has 0 heterocycles. The van der Waals surface area contributed by atoms with Crippen molar-refractivity contribution in [1.82, 2.24) is 5.32 Å². The molecule has 0 bridgehead atoms. The summed E-state index contributed by atoms with van der Waals surface area (Å²) in [4.78, 5) is 21.7. The lowest BCUT2D eigenvalue weighted by atomic mass is 10.2. The molecule has 3 N–H and O–H groups in total. The van der Waals surface area contributed by atoms with Crippen molar-refractivity contribution in [3.8, 4) is 0 Å². The average molecular weight is 272 g/mol. The first-order valence-corrected chi connectivity index (χ1v) is 5.86. The van der Waals surface area contributed by atoms with Gasteiger partial charge in [0.05, 0.1) is 15.5 Å². The summed E-state index contributed by atoms with van der Waals surface area (Å²) >= 11 is 5.82. The van der Waals surface area contributed by atoms with E-state index in [9.17, 15) is 14.9 Å². The van der Waals surface area contributed by atoms with Crippen LogP contribution in [-0.2, 0) is 0 Å². The Labute approximate surface area is 109 Å². The Morgan fingerprint density at radius 3 is 2.72 bits per heavy atom. The number of nitro benzene ring substituents is 1. The lowest BCUT2D eigenvalue weighted by Crippen LogP contribution is -2.25. The van der Waals surface area contributed by atoms with Crippen molar-refractivity contribution in [2.24, 2.45) is 5.73 Å². The molecule has 1 aromatic rings. The van der Waals surface area contributed by atoms with Gasteiger partial charge in [-0.25, -0.2) is 0 Å². The Hall–Kier alpha value is -1.66. The molecule has 0 saturated carbocycles. The molecule has 0 aliphatic rings. The van der Waals surface area contributed by atoms with Crippen LogP contribution >= 0.6 is 11.6 Å². The van der Waals surface area contributed by atoms with Crippen LogP contribution in [0.1, 0.15) is 23.2 Å². The first-order valence-electron chi connectivity index (χ1n) is 5.48. The van der Waals surface area contributed by atoms with Gasteiger partial charge in [-0.2, -0.15) is 0 Å². The minimum Gasteiger partial charge on any atom is -0.352 e. The number of halogens is 1. The number of non-ortho nitro benzene ring substituents is 1. The third-order valence-electron chi connectivity index (χ3n) is 2.32. The highest BCUT2D eigenvalue weighted by Crippen LogP contribution is 2.22. The second kappa shape index (κ2) is 6.93. The van der Waals surface area contributed by atoms with Crippen LogP contribution in [0.4, 0.5) is 5.69 Å². The molecule has 0 saturated heterocycles. The van der Waals surface area contributed by atoms with E-state index in [0.717, 1.165) is 18.9 Å². The first-order chi connectivity index (χ1) is 8.56. The summed E-state index contributed by atoms with van der Waals surface area (Å²) < 4.78 is 0. The lowest BCUT2D eigenvalue weighted by Gasteiger charge is -2.06. The summed E-state index contributed by atoms with van der Waals surface area (Å²) in [5, 5.41) is 13.3. The maximum Gasteiger partial charge on any atom is 0.270 e. The molecule has 0 aromatic heterocycles. The zero-order valence-electron chi connectivity index (χ0n) is 9.69. The SMILES string of the molecule is NCCCCNC(=O)c1ccc([N+](=O)[O-])cc1Cl. The number of nitrogens with one attached hydrogen (secondary N) is 1. The van der Waals surface area contributed by atoms with Crippen LogP contribution in [0.5, 0.6) is 0 Å². The van der Waals surface area contributed by atoms with Crippen LogP contribution in [0.3, 0.4) is 0 Å². The number of nitrogens with zero attached hydrogens (tertiary/aromatic N) is 1. The molecular weight excluding hydrogens is 258 g/mol. The zero-order valence-corrected chi connectivity index (χ0v) is 10.4. The minimum atomic E-state index is -0.561. The van der Waals surface area contributed by atoms with Gasteiger partial charge in [-0.05, 0) is 25.5 Å². The van der Waals surface area contributed by atoms with Crippen LogP contribution < -0.4 is 11.1 Å². The molecule has 0 radical (unpaired) electrons. The van der Waals surface area contributed by atoms with Gasteiger partial charge in [0.2, 0.25) is 0 Å². The van der Waals surface area contributed by atoms with E-state index in [1.165, 1.54) is 12.1 Å². The number of hydrogen-bond donors (Lipinski definition) is 2. The predicted molar refractivity (Wildman–Crippen MR) is 68.7 cm³/mol. The third-order valence-corrected chi connectivity index (χ3v) is 2.64. The normalized spacial score (nSPS) is 10.1. The van der Waals surface area contributed by atoms with E-state index in [0.29, 0.717) is 13.1 Å². The second-order valence-corrected chi connectivity index (χ2v) is 4.08. The summed E-state index contributed by atoms with van der Waals surface area (Å²) in [6.07, 6.45) is 1.61. The Kier molecular flexibility index (Phi) is 5.54. The summed E-state index contributed by atoms with van der Waals surface area (Å²) in [6, 6.07) is 3.76. The number of rotatable bonds is 6. The first kappa shape index (κ1) is 14.4. The number of carbonyl (C=O) groups is 1. The molecule has 0 unspecified atom stereocenters. The molecule has 98 valence electrons. The third kappa shape index (κ3) is 3.97. The molecule has 0 fully saturated rings. The number of carbonyl (C=O) groups excluding carboxylic acids is 1. The van der Waals surface area contributed by atoms with Crippen LogP contribution in [0.15, 0.2) is 18.2 Å². The number of benzene rings is 1. The monoisotopic (exact) mass is 271 g/mol. The van der Waals surface area contributed by atoms with Gasteiger partial charge >= 0.3 is 0 Å². The molecule has 18 heavy (non-hydrogen) atoms. The van der Waals surface area contributed by atoms with E-state index in [-0.39, 0.29) is 22.2 Å². The number of nitrogens with two attached hydrogens (primary N) is 1. The Morgan fingerprint density at radius 1 is 1.44 bits per heavy atom. The summed E-state index contributed by atoms with van der Waals surface area (Å²) in [5.41, 5.74) is 5.42. The summed E-state index contributed by atoms with van der Waals surface area (Å²) in [5.74, 6) is -0.341. The Balaban J connectivity index is 2.66. The van der Waals surface area contributed by atoms with Crippen molar-refractivity contribution in [2.45, 2.75) is 12.8 Å². The second-order valence-electron chi connectivity index (χ2n) is 3.67. The summed E-state index contributed by atoms with van der Waals surface area (Å²) in [7, 11) is 0. The van der Waals surface area contributed by atoms with Crippen LogP contribution in [0.2, 0.25) is 5.02 Å². The van der Waals surface area contributed by atoms with E-state index in [4.69, 9.17) is 17.3 Å². The van der Waals surface area contributed by atoms with E-state index >= 15 is 0 Å². The zero-order chi connectivity index (χ0) is 13.5. The molecule has 0 atom stereocenters. The molecular formula is C11H14ClN3O3. The standard InChI is InChI=1S/C11H14ClN3O3/c12-10-7-8(15(17)18)3-4-9(10)11(16)14-6-2-1-5-13/h3-4,7H,1-2,5-6,13H2,(H,14,16). The maximum atomic E-state index is 11.7. The van der Waals surface area contributed by atoms with Gasteiger partial charge in [0.15, 0.2) is 0 Å². The smallest absolute Gasteiger partial charge is 0.270 e. The van der Waals surface area contributed by atoms with Crippen molar-refractivity contribution < 1.29 is 9.72 Å². The number of unbranched alkanes of at least 4 members (excludes halogenated alkanes) is 1. The van der Waals surface area contributed by atoms with E-state index < -0.39 is 4.92 Å². The average Bonchev–Trinajstić information content (AvgIpc) is 2.34. The van der Waals surface area contributed by atoms with Crippen molar-refractivity contribution in [3.63, 3.8) is 0 Å². The van der Waals surface area contributed by atoms with Crippen molar-refractivity contribution in [1.29, 1.82) is 0 Å². The van der Waals surface area contributed by atoms with Crippen molar-refractivity contribution in [3.05, 3.63) is 38.9 Å². The van der Waals surface area contributed by atoms with Gasteiger partial charge in [0.1, 0.15) is 0 Å². The predicted octanol–water partition coefficient (Wildman–Crippen LogP) is 1.72.